The number of hydrogen-bond acceptors (Lipinski definition) is 6. The monoisotopic (exact) mass is 580 g/mol. The van der Waals surface area contributed by atoms with E-state index in [1.54, 1.807) is 51.3 Å². The standard InChI is InChI=1S/C28H32ClF3N4O4/c1-27(2,3)40-26(37)34-18-10-21(23-15(29)7-6-8-22(23)39-25(31)32)36-20-11-19(16(30)9-17(20)33-24(18)36)35-12-14(13-35)28(4,5)38/h6-9,11,14,18,21,25,38H,10,12-13H2,1-5H3,(H,34,37)/t18-,21-/m1/s1. The Morgan fingerprint density at radius 3 is 2.52 bits per heavy atom. The minimum atomic E-state index is -3.08. The zero-order valence-corrected chi connectivity index (χ0v) is 23.6. The Balaban J connectivity index is 1.60. The van der Waals surface area contributed by atoms with Gasteiger partial charge in [-0.25, -0.2) is 14.2 Å². The van der Waals surface area contributed by atoms with Gasteiger partial charge in [0.15, 0.2) is 0 Å². The Labute approximate surface area is 235 Å². The van der Waals surface area contributed by atoms with E-state index in [-0.39, 0.29) is 23.1 Å². The molecule has 1 fully saturated rings. The normalized spacial score (nSPS) is 19.6. The minimum Gasteiger partial charge on any atom is -0.444 e. The lowest BCUT2D eigenvalue weighted by Crippen LogP contribution is -2.56. The summed E-state index contributed by atoms with van der Waals surface area (Å²) < 4.78 is 54.0. The largest absolute Gasteiger partial charge is 0.444 e. The molecule has 8 nitrogen and oxygen atoms in total. The van der Waals surface area contributed by atoms with Crippen LogP contribution in [0.5, 0.6) is 5.75 Å². The first kappa shape index (κ1) is 28.4. The van der Waals surface area contributed by atoms with E-state index in [9.17, 15) is 18.7 Å². The molecule has 40 heavy (non-hydrogen) atoms. The lowest BCUT2D eigenvalue weighted by Gasteiger charge is -2.46. The summed E-state index contributed by atoms with van der Waals surface area (Å²) in [4.78, 5) is 19.2. The third-order valence-corrected chi connectivity index (χ3v) is 7.67. The summed E-state index contributed by atoms with van der Waals surface area (Å²) in [6.07, 6.45) is -0.456. The lowest BCUT2D eigenvalue weighted by molar-refractivity contribution is -0.0506. The lowest BCUT2D eigenvalue weighted by atomic mass is 9.84. The van der Waals surface area contributed by atoms with E-state index in [2.05, 4.69) is 10.3 Å². The highest BCUT2D eigenvalue weighted by Gasteiger charge is 2.41. The number of imidazole rings is 1. The fourth-order valence-electron chi connectivity index (χ4n) is 5.35. The number of ether oxygens (including phenoxy) is 2. The van der Waals surface area contributed by atoms with E-state index in [1.807, 2.05) is 4.90 Å². The van der Waals surface area contributed by atoms with Crippen LogP contribution in [0.15, 0.2) is 30.3 Å². The van der Waals surface area contributed by atoms with Crippen molar-refractivity contribution < 1.29 is 32.5 Å². The summed E-state index contributed by atoms with van der Waals surface area (Å²) in [6.45, 7) is 6.52. The summed E-state index contributed by atoms with van der Waals surface area (Å²) in [5.41, 5.74) is -0.137. The van der Waals surface area contributed by atoms with Crippen LogP contribution >= 0.6 is 11.6 Å². The molecule has 0 radical (unpaired) electrons. The summed E-state index contributed by atoms with van der Waals surface area (Å²) in [5.74, 6) is -0.197. The number of carbonyl (C=O) groups excluding carboxylic acids is 1. The predicted molar refractivity (Wildman–Crippen MR) is 145 cm³/mol. The van der Waals surface area contributed by atoms with Crippen LogP contribution in [0.1, 0.15) is 64.5 Å². The van der Waals surface area contributed by atoms with Gasteiger partial charge in [0, 0.05) is 42.1 Å². The molecular formula is C28H32ClF3N4O4. The highest BCUT2D eigenvalue weighted by atomic mass is 35.5. The van der Waals surface area contributed by atoms with Gasteiger partial charge in [-0.15, -0.1) is 0 Å². The molecule has 216 valence electrons. The van der Waals surface area contributed by atoms with Crippen LogP contribution in [-0.2, 0) is 4.74 Å². The van der Waals surface area contributed by atoms with Gasteiger partial charge in [0.25, 0.3) is 0 Å². The maximum atomic E-state index is 15.3. The number of hydrogen-bond donors (Lipinski definition) is 2. The molecule has 2 N–H and O–H groups in total. The number of carbonyl (C=O) groups is 1. The number of fused-ring (bicyclic) bond motifs is 3. The average Bonchev–Trinajstić information content (AvgIpc) is 3.27. The zero-order valence-electron chi connectivity index (χ0n) is 22.8. The molecule has 2 atom stereocenters. The van der Waals surface area contributed by atoms with Crippen molar-refractivity contribution in [3.8, 4) is 5.75 Å². The molecule has 1 saturated heterocycles. The van der Waals surface area contributed by atoms with E-state index >= 15 is 4.39 Å². The van der Waals surface area contributed by atoms with Crippen molar-refractivity contribution in [3.05, 3.63) is 52.6 Å². The van der Waals surface area contributed by atoms with Crippen LogP contribution in [-0.4, -0.2) is 51.7 Å². The van der Waals surface area contributed by atoms with E-state index in [0.717, 1.165) is 0 Å². The fourth-order valence-corrected chi connectivity index (χ4v) is 5.65. The van der Waals surface area contributed by atoms with E-state index < -0.39 is 41.8 Å². The smallest absolute Gasteiger partial charge is 0.408 e. The van der Waals surface area contributed by atoms with Gasteiger partial charge in [-0.1, -0.05) is 17.7 Å². The number of rotatable bonds is 6. The molecule has 0 bridgehead atoms. The molecule has 5 rings (SSSR count). The van der Waals surface area contributed by atoms with Crippen LogP contribution in [0, 0.1) is 11.7 Å². The summed E-state index contributed by atoms with van der Waals surface area (Å²) in [5, 5.41) is 13.3. The van der Waals surface area contributed by atoms with Crippen molar-refractivity contribution in [2.24, 2.45) is 5.92 Å². The van der Waals surface area contributed by atoms with E-state index in [4.69, 9.17) is 21.1 Å². The fraction of sp³-hybridized carbons (Fsp3) is 0.500. The Bertz CT molecular complexity index is 1440. The number of benzene rings is 2. The SMILES string of the molecule is CC(C)(C)OC(=O)N[C@@H]1C[C@H](c2c(Cl)cccc2OC(F)F)n2c1nc1cc(F)c(N3CC(C(C)(C)O)C3)cc12. The number of nitrogens with one attached hydrogen (secondary N) is 1. The molecule has 2 aliphatic rings. The molecule has 1 aromatic heterocycles. The summed E-state index contributed by atoms with van der Waals surface area (Å²) in [6, 6.07) is 6.12. The van der Waals surface area contributed by atoms with Crippen LogP contribution in [0.25, 0.3) is 11.0 Å². The van der Waals surface area contributed by atoms with Gasteiger partial charge in [-0.2, -0.15) is 8.78 Å². The van der Waals surface area contributed by atoms with E-state index in [0.29, 0.717) is 41.2 Å². The van der Waals surface area contributed by atoms with Gasteiger partial charge >= 0.3 is 12.7 Å². The van der Waals surface area contributed by atoms with Crippen molar-refractivity contribution in [2.75, 3.05) is 18.0 Å². The molecule has 3 heterocycles. The minimum absolute atomic E-state index is 0.0221. The van der Waals surface area contributed by atoms with Gasteiger partial charge in [0.1, 0.15) is 23.0 Å². The highest BCUT2D eigenvalue weighted by Crippen LogP contribution is 2.47. The Hall–Kier alpha value is -3.18. The molecule has 2 aromatic carbocycles. The van der Waals surface area contributed by atoms with Crippen molar-refractivity contribution in [1.29, 1.82) is 0 Å². The number of alkyl halides is 2. The number of halogens is 4. The Kier molecular flexibility index (Phi) is 7.11. The van der Waals surface area contributed by atoms with Gasteiger partial charge < -0.3 is 29.4 Å². The van der Waals surface area contributed by atoms with Gasteiger partial charge in [0.2, 0.25) is 0 Å². The van der Waals surface area contributed by atoms with Crippen molar-refractivity contribution in [3.63, 3.8) is 0 Å². The molecule has 0 unspecified atom stereocenters. The maximum absolute atomic E-state index is 15.3. The van der Waals surface area contributed by atoms with Crippen LogP contribution in [0.4, 0.5) is 23.7 Å². The van der Waals surface area contributed by atoms with Gasteiger partial charge in [-0.05, 0) is 52.8 Å². The number of aliphatic hydroxyl groups is 1. The highest BCUT2D eigenvalue weighted by molar-refractivity contribution is 6.31. The topological polar surface area (TPSA) is 88.8 Å². The Morgan fingerprint density at radius 2 is 1.90 bits per heavy atom. The van der Waals surface area contributed by atoms with Crippen molar-refractivity contribution in [1.82, 2.24) is 14.9 Å². The summed E-state index contributed by atoms with van der Waals surface area (Å²) in [7, 11) is 0. The first-order valence-corrected chi connectivity index (χ1v) is 13.4. The first-order valence-electron chi connectivity index (χ1n) is 13.0. The second kappa shape index (κ2) is 10.0. The predicted octanol–water partition coefficient (Wildman–Crippen LogP) is 6.20. The maximum Gasteiger partial charge on any atom is 0.408 e. The van der Waals surface area contributed by atoms with Crippen LogP contribution in [0.3, 0.4) is 0 Å². The van der Waals surface area contributed by atoms with Crippen LogP contribution in [0.2, 0.25) is 5.02 Å². The number of aromatic nitrogens is 2. The third kappa shape index (κ3) is 5.41. The van der Waals surface area contributed by atoms with E-state index in [1.165, 1.54) is 18.2 Å². The molecule has 1 amide bonds. The van der Waals surface area contributed by atoms with Crippen molar-refractivity contribution in [2.45, 2.75) is 70.9 Å². The quantitative estimate of drug-likeness (QED) is 0.361. The molecule has 12 heteroatoms. The molecule has 2 aliphatic heterocycles. The second-order valence-electron chi connectivity index (χ2n) is 11.9. The van der Waals surface area contributed by atoms with Gasteiger partial charge in [0.05, 0.1) is 34.4 Å². The number of anilines is 1. The Morgan fingerprint density at radius 1 is 1.20 bits per heavy atom. The zero-order chi connectivity index (χ0) is 29.1. The molecule has 0 aliphatic carbocycles. The van der Waals surface area contributed by atoms with Crippen LogP contribution < -0.4 is 15.0 Å². The molecule has 3 aromatic rings. The summed E-state index contributed by atoms with van der Waals surface area (Å²) >= 11 is 6.55. The third-order valence-electron chi connectivity index (χ3n) is 7.34. The van der Waals surface area contributed by atoms with Gasteiger partial charge in [-0.3, -0.25) is 0 Å². The molecular weight excluding hydrogens is 549 g/mol. The number of alkyl carbamates (subject to hydrolysis) is 1. The first-order chi connectivity index (χ1) is 18.6. The average molecular weight is 581 g/mol. The number of nitrogens with zero attached hydrogens (tertiary/aromatic N) is 3. The second-order valence-corrected chi connectivity index (χ2v) is 12.3. The van der Waals surface area contributed by atoms with Crippen molar-refractivity contribution >= 4 is 34.4 Å². The molecule has 0 spiro atoms. The number of amides is 1. The molecule has 0 saturated carbocycles.